The first-order valence-corrected chi connectivity index (χ1v) is 9.49. The molecule has 2 aromatic carbocycles. The lowest BCUT2D eigenvalue weighted by Crippen LogP contribution is -2.31. The smallest absolute Gasteiger partial charge is 0.251 e. The van der Waals surface area contributed by atoms with Gasteiger partial charge in [0, 0.05) is 12.1 Å². The largest absolute Gasteiger partial charge is 0.468 e. The monoisotopic (exact) mass is 391 g/mol. The summed E-state index contributed by atoms with van der Waals surface area (Å²) in [5.74, 6) is -1.47. The van der Waals surface area contributed by atoms with Gasteiger partial charge in [-0.25, -0.2) is 17.2 Å². The molecule has 1 atom stereocenters. The topological polar surface area (TPSA) is 76.4 Å². The van der Waals surface area contributed by atoms with E-state index in [2.05, 4.69) is 5.32 Å². The number of amides is 1. The number of benzene rings is 2. The number of carbonyl (C=O) groups is 1. The molecule has 0 saturated heterocycles. The molecule has 0 aliphatic carbocycles. The SMILES string of the molecule is O=C(NC[C@@H](c1ccco1)S(=O)(=O)c1ccc(F)cc1)c1ccc(F)cc1. The molecule has 0 fully saturated rings. The lowest BCUT2D eigenvalue weighted by molar-refractivity contribution is 0.0953. The van der Waals surface area contributed by atoms with Gasteiger partial charge in [-0.1, -0.05) is 0 Å². The van der Waals surface area contributed by atoms with E-state index in [4.69, 9.17) is 4.42 Å². The van der Waals surface area contributed by atoms with E-state index < -0.39 is 32.6 Å². The number of carbonyl (C=O) groups excluding carboxylic acids is 1. The van der Waals surface area contributed by atoms with Crippen LogP contribution in [-0.4, -0.2) is 20.9 Å². The van der Waals surface area contributed by atoms with Crippen LogP contribution < -0.4 is 5.32 Å². The summed E-state index contributed by atoms with van der Waals surface area (Å²) in [6, 6.07) is 12.3. The third kappa shape index (κ3) is 4.22. The van der Waals surface area contributed by atoms with Gasteiger partial charge in [-0.2, -0.15) is 0 Å². The van der Waals surface area contributed by atoms with E-state index in [1.54, 1.807) is 0 Å². The molecular weight excluding hydrogens is 376 g/mol. The Morgan fingerprint density at radius 1 is 0.963 bits per heavy atom. The Balaban J connectivity index is 1.85. The molecule has 1 amide bonds. The Morgan fingerprint density at radius 2 is 1.56 bits per heavy atom. The fraction of sp³-hybridized carbons (Fsp3) is 0.105. The van der Waals surface area contributed by atoms with E-state index in [0.717, 1.165) is 36.4 Å². The van der Waals surface area contributed by atoms with Gasteiger partial charge in [0.25, 0.3) is 5.91 Å². The third-order valence-electron chi connectivity index (χ3n) is 3.93. The molecule has 0 radical (unpaired) electrons. The van der Waals surface area contributed by atoms with Crippen molar-refractivity contribution in [3.63, 3.8) is 0 Å². The first-order valence-electron chi connectivity index (χ1n) is 7.94. The van der Waals surface area contributed by atoms with Crippen molar-refractivity contribution < 1.29 is 26.4 Å². The number of halogens is 2. The van der Waals surface area contributed by atoms with Crippen molar-refractivity contribution in [3.8, 4) is 0 Å². The molecule has 0 unspecified atom stereocenters. The zero-order valence-electron chi connectivity index (χ0n) is 13.9. The highest BCUT2D eigenvalue weighted by molar-refractivity contribution is 7.91. The summed E-state index contributed by atoms with van der Waals surface area (Å²) in [6.07, 6.45) is 1.32. The van der Waals surface area contributed by atoms with Gasteiger partial charge < -0.3 is 9.73 Å². The van der Waals surface area contributed by atoms with Gasteiger partial charge in [0.05, 0.1) is 11.2 Å². The van der Waals surface area contributed by atoms with Crippen LogP contribution in [0.25, 0.3) is 0 Å². The summed E-state index contributed by atoms with van der Waals surface area (Å²) in [4.78, 5) is 12.1. The molecule has 0 aliphatic rings. The lowest BCUT2D eigenvalue weighted by atomic mass is 10.2. The number of rotatable bonds is 6. The minimum Gasteiger partial charge on any atom is -0.468 e. The molecule has 3 aromatic rings. The highest BCUT2D eigenvalue weighted by atomic mass is 32.2. The molecule has 0 aliphatic heterocycles. The predicted molar refractivity (Wildman–Crippen MR) is 93.8 cm³/mol. The second kappa shape index (κ2) is 7.71. The van der Waals surface area contributed by atoms with Crippen molar-refractivity contribution in [3.05, 3.63) is 89.9 Å². The van der Waals surface area contributed by atoms with Crippen LogP contribution in [-0.2, 0) is 9.84 Å². The Kier molecular flexibility index (Phi) is 5.36. The lowest BCUT2D eigenvalue weighted by Gasteiger charge is -2.17. The van der Waals surface area contributed by atoms with Crippen molar-refractivity contribution in [1.82, 2.24) is 5.32 Å². The van der Waals surface area contributed by atoms with E-state index in [0.29, 0.717) is 0 Å². The van der Waals surface area contributed by atoms with E-state index >= 15 is 0 Å². The molecular formula is C19H15F2NO4S. The van der Waals surface area contributed by atoms with E-state index in [1.807, 2.05) is 0 Å². The maximum atomic E-state index is 13.1. The molecule has 3 rings (SSSR count). The first kappa shape index (κ1) is 18.8. The summed E-state index contributed by atoms with van der Waals surface area (Å²) in [7, 11) is -3.96. The van der Waals surface area contributed by atoms with Crippen LogP contribution in [0.5, 0.6) is 0 Å². The molecule has 8 heteroatoms. The minimum atomic E-state index is -3.96. The summed E-state index contributed by atoms with van der Waals surface area (Å²) < 4.78 is 57.2. The normalized spacial score (nSPS) is 12.5. The molecule has 27 heavy (non-hydrogen) atoms. The first-order chi connectivity index (χ1) is 12.9. The summed E-state index contributed by atoms with van der Waals surface area (Å²) >= 11 is 0. The number of hydrogen-bond acceptors (Lipinski definition) is 4. The van der Waals surface area contributed by atoms with Gasteiger partial charge in [0.1, 0.15) is 22.6 Å². The number of hydrogen-bond donors (Lipinski definition) is 1. The van der Waals surface area contributed by atoms with E-state index in [-0.39, 0.29) is 22.8 Å². The molecule has 0 bridgehead atoms. The standard InChI is InChI=1S/C19H15F2NO4S/c20-14-5-3-13(4-6-14)19(23)22-12-18(17-2-1-11-26-17)27(24,25)16-9-7-15(21)8-10-16/h1-11,18H,12H2,(H,22,23)/t18-/m0/s1. The van der Waals surface area contributed by atoms with Gasteiger partial charge >= 0.3 is 0 Å². The van der Waals surface area contributed by atoms with Crippen LogP contribution in [0.2, 0.25) is 0 Å². The predicted octanol–water partition coefficient (Wildman–Crippen LogP) is 3.50. The fourth-order valence-electron chi connectivity index (χ4n) is 2.51. The molecule has 140 valence electrons. The highest BCUT2D eigenvalue weighted by Crippen LogP contribution is 2.29. The molecule has 5 nitrogen and oxygen atoms in total. The number of sulfone groups is 1. The van der Waals surface area contributed by atoms with Crippen LogP contribution >= 0.6 is 0 Å². The second-order valence-corrected chi connectivity index (χ2v) is 7.85. The highest BCUT2D eigenvalue weighted by Gasteiger charge is 2.32. The van der Waals surface area contributed by atoms with Crippen LogP contribution in [0.15, 0.2) is 76.2 Å². The van der Waals surface area contributed by atoms with Crippen molar-refractivity contribution in [2.75, 3.05) is 6.54 Å². The van der Waals surface area contributed by atoms with Crippen LogP contribution in [0.1, 0.15) is 21.4 Å². The third-order valence-corrected chi connectivity index (χ3v) is 6.01. The van der Waals surface area contributed by atoms with Gasteiger partial charge in [-0.05, 0) is 60.7 Å². The van der Waals surface area contributed by atoms with Crippen molar-refractivity contribution in [1.29, 1.82) is 0 Å². The minimum absolute atomic E-state index is 0.0960. The quantitative estimate of drug-likeness (QED) is 0.653. The summed E-state index contributed by atoms with van der Waals surface area (Å²) in [5.41, 5.74) is 0.189. The second-order valence-electron chi connectivity index (χ2n) is 5.72. The summed E-state index contributed by atoms with van der Waals surface area (Å²) in [6.45, 7) is -0.274. The molecule has 1 heterocycles. The van der Waals surface area contributed by atoms with Crippen molar-refractivity contribution >= 4 is 15.7 Å². The van der Waals surface area contributed by atoms with Crippen LogP contribution in [0.3, 0.4) is 0 Å². The van der Waals surface area contributed by atoms with Crippen molar-refractivity contribution in [2.24, 2.45) is 0 Å². The van der Waals surface area contributed by atoms with Gasteiger partial charge in [-0.15, -0.1) is 0 Å². The van der Waals surface area contributed by atoms with Crippen LogP contribution in [0, 0.1) is 11.6 Å². The van der Waals surface area contributed by atoms with Gasteiger partial charge in [-0.3, -0.25) is 4.79 Å². The zero-order valence-corrected chi connectivity index (χ0v) is 14.7. The van der Waals surface area contributed by atoms with Gasteiger partial charge in [0.15, 0.2) is 9.84 Å². The maximum absolute atomic E-state index is 13.1. The Morgan fingerprint density at radius 3 is 2.11 bits per heavy atom. The average Bonchev–Trinajstić information content (AvgIpc) is 3.16. The number of furan rings is 1. The molecule has 1 aromatic heterocycles. The fourth-order valence-corrected chi connectivity index (χ4v) is 4.10. The zero-order chi connectivity index (χ0) is 19.4. The Labute approximate surface area is 154 Å². The Hall–Kier alpha value is -3.00. The van der Waals surface area contributed by atoms with Crippen LogP contribution in [0.4, 0.5) is 8.78 Å². The summed E-state index contributed by atoms with van der Waals surface area (Å²) in [5, 5.41) is 1.31. The van der Waals surface area contributed by atoms with E-state index in [9.17, 15) is 22.0 Å². The van der Waals surface area contributed by atoms with Crippen molar-refractivity contribution in [2.45, 2.75) is 10.1 Å². The molecule has 1 N–H and O–H groups in total. The van der Waals surface area contributed by atoms with E-state index in [1.165, 1.54) is 30.5 Å². The average molecular weight is 391 g/mol. The molecule has 0 spiro atoms. The molecule has 0 saturated carbocycles. The Bertz CT molecular complexity index is 1010. The maximum Gasteiger partial charge on any atom is 0.251 e. The number of nitrogens with one attached hydrogen (secondary N) is 1. The van der Waals surface area contributed by atoms with Gasteiger partial charge in [0.2, 0.25) is 0 Å².